The molecule has 9 nitrogen and oxygen atoms in total. The Morgan fingerprint density at radius 2 is 1.76 bits per heavy atom. The van der Waals surface area contributed by atoms with Gasteiger partial charge in [-0.05, 0) is 55.6 Å². The Morgan fingerprint density at radius 1 is 1.00 bits per heavy atom. The van der Waals surface area contributed by atoms with E-state index in [0.29, 0.717) is 30.7 Å². The van der Waals surface area contributed by atoms with Gasteiger partial charge in [-0.1, -0.05) is 19.9 Å². The van der Waals surface area contributed by atoms with Crippen LogP contribution in [0.25, 0.3) is 22.0 Å². The number of halogens is 2. The maximum atomic E-state index is 13.5. The van der Waals surface area contributed by atoms with Crippen molar-refractivity contribution in [3.05, 3.63) is 66.2 Å². The van der Waals surface area contributed by atoms with E-state index in [9.17, 15) is 13.6 Å². The zero-order valence-corrected chi connectivity index (χ0v) is 25.0. The number of nitrogens with one attached hydrogen (secondary N) is 2. The van der Waals surface area contributed by atoms with Crippen LogP contribution in [0, 0.1) is 0 Å². The first-order chi connectivity index (χ1) is 20.2. The third-order valence-electron chi connectivity index (χ3n) is 7.18. The monoisotopic (exact) mass is 578 g/mol. The molecule has 224 valence electrons. The predicted octanol–water partition coefficient (Wildman–Crippen LogP) is 5.53. The van der Waals surface area contributed by atoms with Gasteiger partial charge >= 0.3 is 0 Å². The van der Waals surface area contributed by atoms with Crippen LogP contribution >= 0.6 is 0 Å². The van der Waals surface area contributed by atoms with Crippen molar-refractivity contribution in [2.75, 3.05) is 57.5 Å². The molecular weight excluding hydrogens is 538 g/mol. The summed E-state index contributed by atoms with van der Waals surface area (Å²) in [5, 5.41) is 10.8. The number of carbonyl (C=O) groups excluding carboxylic acids is 1. The molecular formula is C31H40F2N8O. The molecule has 0 unspecified atom stereocenters. The van der Waals surface area contributed by atoms with Crippen molar-refractivity contribution in [1.29, 1.82) is 0 Å². The first-order valence-electron chi connectivity index (χ1n) is 14.3. The molecule has 1 amide bonds. The fraction of sp³-hybridized carbons (Fsp3) is 0.419. The fourth-order valence-corrected chi connectivity index (χ4v) is 4.74. The summed E-state index contributed by atoms with van der Waals surface area (Å²) in [5.74, 6) is -2.08. The van der Waals surface area contributed by atoms with Crippen LogP contribution in [0.15, 0.2) is 55.0 Å². The molecule has 0 saturated carbocycles. The van der Waals surface area contributed by atoms with Crippen LogP contribution in [-0.4, -0.2) is 89.1 Å². The number of alkyl halides is 2. The number of piperidine rings is 1. The minimum absolute atomic E-state index is 0.115. The second-order valence-corrected chi connectivity index (χ2v) is 10.6. The van der Waals surface area contributed by atoms with E-state index in [-0.39, 0.29) is 24.4 Å². The van der Waals surface area contributed by atoms with Crippen LogP contribution in [0.4, 0.5) is 20.3 Å². The standard InChI is InChI=1S/C29H34F2N8O.C2H6/c1-37(2)12-13-38(3)26-7-5-23(18-33-26)34-28(40)27-24-15-21(4-6-25(24)35-36-27)22-14-20(16-32-17-22)19-39-10-8-29(30,31)9-11-39;1-2/h4-7,14-18H,8-13,19H2,1-3H3,(H,34,40)(H,35,36);1-2H3. The fourth-order valence-electron chi connectivity index (χ4n) is 4.74. The number of fused-ring (bicyclic) bond motifs is 1. The topological polar surface area (TPSA) is 93.3 Å². The number of nitrogens with zero attached hydrogens (tertiary/aromatic N) is 6. The summed E-state index contributed by atoms with van der Waals surface area (Å²) in [4.78, 5) is 28.2. The molecule has 1 aromatic carbocycles. The van der Waals surface area contributed by atoms with Crippen LogP contribution in [0.1, 0.15) is 42.7 Å². The Balaban J connectivity index is 0.00000198. The third kappa shape index (κ3) is 7.86. The summed E-state index contributed by atoms with van der Waals surface area (Å²) in [7, 11) is 6.04. The lowest BCUT2D eigenvalue weighted by molar-refractivity contribution is -0.0566. The zero-order chi connectivity index (χ0) is 30.3. The number of hydrogen-bond donors (Lipinski definition) is 2. The molecule has 0 bridgehead atoms. The molecule has 4 heterocycles. The van der Waals surface area contributed by atoms with E-state index in [2.05, 4.69) is 35.3 Å². The van der Waals surface area contributed by atoms with Gasteiger partial charge in [0, 0.05) is 76.0 Å². The lowest BCUT2D eigenvalue weighted by atomic mass is 10.0. The van der Waals surface area contributed by atoms with Gasteiger partial charge in [-0.25, -0.2) is 13.8 Å². The number of aromatic nitrogens is 4. The lowest BCUT2D eigenvalue weighted by Crippen LogP contribution is -2.38. The Morgan fingerprint density at radius 3 is 2.45 bits per heavy atom. The highest BCUT2D eigenvalue weighted by molar-refractivity contribution is 6.11. The van der Waals surface area contributed by atoms with Gasteiger partial charge in [0.05, 0.1) is 17.4 Å². The van der Waals surface area contributed by atoms with Crippen molar-refractivity contribution in [1.82, 2.24) is 30.0 Å². The number of hydrogen-bond acceptors (Lipinski definition) is 7. The summed E-state index contributed by atoms with van der Waals surface area (Å²) < 4.78 is 27.1. The van der Waals surface area contributed by atoms with Gasteiger partial charge in [0.15, 0.2) is 5.69 Å². The summed E-state index contributed by atoms with van der Waals surface area (Å²) >= 11 is 0. The van der Waals surface area contributed by atoms with Crippen LogP contribution in [0.2, 0.25) is 0 Å². The van der Waals surface area contributed by atoms with Crippen LogP contribution < -0.4 is 10.2 Å². The molecule has 4 aromatic rings. The molecule has 1 fully saturated rings. The minimum Gasteiger partial charge on any atom is -0.358 e. The SMILES string of the molecule is CC.CN(C)CCN(C)c1ccc(NC(=O)c2n[nH]c3ccc(-c4cncc(CN5CCC(F)(F)CC5)c4)cc23)cn1. The van der Waals surface area contributed by atoms with Gasteiger partial charge in [0.1, 0.15) is 5.82 Å². The highest BCUT2D eigenvalue weighted by Gasteiger charge is 2.33. The molecule has 1 saturated heterocycles. The van der Waals surface area contributed by atoms with E-state index in [1.54, 1.807) is 18.6 Å². The summed E-state index contributed by atoms with van der Waals surface area (Å²) in [6, 6.07) is 11.5. The van der Waals surface area contributed by atoms with Crippen LogP contribution in [0.3, 0.4) is 0 Å². The number of H-pyrrole nitrogens is 1. The largest absolute Gasteiger partial charge is 0.358 e. The number of aromatic amines is 1. The van der Waals surface area contributed by atoms with Gasteiger partial charge in [-0.2, -0.15) is 5.10 Å². The van der Waals surface area contributed by atoms with E-state index in [1.807, 2.05) is 76.3 Å². The highest BCUT2D eigenvalue weighted by atomic mass is 19.3. The number of benzene rings is 1. The van der Waals surface area contributed by atoms with Crippen LogP contribution in [0.5, 0.6) is 0 Å². The predicted molar refractivity (Wildman–Crippen MR) is 164 cm³/mol. The Labute approximate surface area is 245 Å². The number of pyridine rings is 2. The van der Waals surface area contributed by atoms with Crippen molar-refractivity contribution in [2.24, 2.45) is 0 Å². The lowest BCUT2D eigenvalue weighted by Gasteiger charge is -2.31. The van der Waals surface area contributed by atoms with Gasteiger partial charge < -0.3 is 15.1 Å². The first kappa shape index (κ1) is 31.0. The van der Waals surface area contributed by atoms with E-state index in [4.69, 9.17) is 0 Å². The van der Waals surface area contributed by atoms with E-state index in [0.717, 1.165) is 41.1 Å². The minimum atomic E-state index is -2.57. The van der Waals surface area contributed by atoms with Gasteiger partial charge in [-0.3, -0.25) is 19.8 Å². The number of amides is 1. The number of carbonyl (C=O) groups is 1. The molecule has 1 aliphatic rings. The van der Waals surface area contributed by atoms with Gasteiger partial charge in [0.2, 0.25) is 0 Å². The van der Waals surface area contributed by atoms with Crippen molar-refractivity contribution in [2.45, 2.75) is 39.2 Å². The van der Waals surface area contributed by atoms with E-state index < -0.39 is 5.92 Å². The third-order valence-corrected chi connectivity index (χ3v) is 7.18. The van der Waals surface area contributed by atoms with E-state index >= 15 is 0 Å². The molecule has 0 radical (unpaired) electrons. The summed E-state index contributed by atoms with van der Waals surface area (Å²) in [5.41, 5.74) is 4.32. The quantitative estimate of drug-likeness (QED) is 0.270. The smallest absolute Gasteiger partial charge is 0.276 e. The molecule has 0 aliphatic carbocycles. The molecule has 0 spiro atoms. The molecule has 11 heteroatoms. The molecule has 5 rings (SSSR count). The van der Waals surface area contributed by atoms with Crippen LogP contribution in [-0.2, 0) is 6.54 Å². The summed E-state index contributed by atoms with van der Waals surface area (Å²) in [6.07, 6.45) is 4.94. The van der Waals surface area contributed by atoms with Gasteiger partial charge in [0.25, 0.3) is 11.8 Å². The number of likely N-dealkylation sites (tertiary alicyclic amines) is 1. The van der Waals surface area contributed by atoms with Crippen molar-refractivity contribution in [3.8, 4) is 11.1 Å². The maximum Gasteiger partial charge on any atom is 0.276 e. The summed E-state index contributed by atoms with van der Waals surface area (Å²) in [6.45, 7) is 7.04. The molecule has 0 atom stereocenters. The molecule has 42 heavy (non-hydrogen) atoms. The number of likely N-dealkylation sites (N-methyl/N-ethyl adjacent to an activating group) is 2. The molecule has 2 N–H and O–H groups in total. The Bertz CT molecular complexity index is 1460. The Hall–Kier alpha value is -3.96. The van der Waals surface area contributed by atoms with Crippen molar-refractivity contribution in [3.63, 3.8) is 0 Å². The molecule has 3 aromatic heterocycles. The normalized spacial score (nSPS) is 14.9. The zero-order valence-electron chi connectivity index (χ0n) is 25.0. The average molecular weight is 579 g/mol. The second-order valence-electron chi connectivity index (χ2n) is 10.6. The number of rotatable bonds is 9. The number of anilines is 2. The maximum absolute atomic E-state index is 13.5. The molecule has 1 aliphatic heterocycles. The van der Waals surface area contributed by atoms with Crippen molar-refractivity contribution < 1.29 is 13.6 Å². The Kier molecular flexibility index (Phi) is 10.2. The second kappa shape index (κ2) is 13.8. The van der Waals surface area contributed by atoms with Crippen molar-refractivity contribution >= 4 is 28.3 Å². The van der Waals surface area contributed by atoms with E-state index in [1.165, 1.54) is 0 Å². The first-order valence-corrected chi connectivity index (χ1v) is 14.3. The average Bonchev–Trinajstić information content (AvgIpc) is 3.42. The van der Waals surface area contributed by atoms with Gasteiger partial charge in [-0.15, -0.1) is 0 Å². The highest BCUT2D eigenvalue weighted by Crippen LogP contribution is 2.30.